The van der Waals surface area contributed by atoms with Crippen LogP contribution in [0.15, 0.2) is 30.4 Å². The van der Waals surface area contributed by atoms with Crippen molar-refractivity contribution in [3.05, 3.63) is 35.9 Å². The normalized spacial score (nSPS) is 19.2. The van der Waals surface area contributed by atoms with Crippen molar-refractivity contribution in [1.82, 2.24) is 5.32 Å². The molecule has 0 aliphatic heterocycles. The van der Waals surface area contributed by atoms with Crippen LogP contribution in [0.3, 0.4) is 0 Å². The summed E-state index contributed by atoms with van der Waals surface area (Å²) in [6.45, 7) is 0.815. The average Bonchev–Trinajstić information content (AvgIpc) is 2.39. The predicted octanol–water partition coefficient (Wildman–Crippen LogP) is 2.60. The molecule has 0 spiro atoms. The number of hydrogen-bond donors (Lipinski definition) is 2. The standard InChI is InChI=1S/C14H19NO2/c1-17-14-9-11(7-8-13(14)16)10-15-12-5-3-2-4-6-12/h2-3,7-9,12,15-16H,4-6,10H2,1H3. The lowest BCUT2D eigenvalue weighted by molar-refractivity contribution is 0.372. The SMILES string of the molecule is COc1cc(CNC2CC=CCC2)ccc1O. The first kappa shape index (κ1) is 12.0. The second-order valence-corrected chi connectivity index (χ2v) is 4.37. The van der Waals surface area contributed by atoms with E-state index in [-0.39, 0.29) is 5.75 Å². The Morgan fingerprint density at radius 2 is 2.29 bits per heavy atom. The highest BCUT2D eigenvalue weighted by Crippen LogP contribution is 2.26. The maximum Gasteiger partial charge on any atom is 0.160 e. The van der Waals surface area contributed by atoms with Crippen LogP contribution in [0.2, 0.25) is 0 Å². The molecule has 2 rings (SSSR count). The zero-order chi connectivity index (χ0) is 12.1. The van der Waals surface area contributed by atoms with Gasteiger partial charge in [0.2, 0.25) is 0 Å². The summed E-state index contributed by atoms with van der Waals surface area (Å²) in [7, 11) is 1.57. The number of benzene rings is 1. The summed E-state index contributed by atoms with van der Waals surface area (Å²) in [5.74, 6) is 0.727. The quantitative estimate of drug-likeness (QED) is 0.785. The summed E-state index contributed by atoms with van der Waals surface area (Å²) in [6.07, 6.45) is 7.94. The number of allylic oxidation sites excluding steroid dienone is 1. The molecule has 3 nitrogen and oxygen atoms in total. The maximum atomic E-state index is 9.50. The molecule has 17 heavy (non-hydrogen) atoms. The molecular formula is C14H19NO2. The number of phenolic OH excluding ortho intramolecular Hbond substituents is 1. The Morgan fingerprint density at radius 1 is 1.41 bits per heavy atom. The van der Waals surface area contributed by atoms with Gasteiger partial charge >= 0.3 is 0 Å². The molecule has 1 atom stereocenters. The first-order chi connectivity index (χ1) is 8.29. The number of phenols is 1. The third-order valence-corrected chi connectivity index (χ3v) is 3.11. The highest BCUT2D eigenvalue weighted by Gasteiger charge is 2.09. The first-order valence-electron chi connectivity index (χ1n) is 6.04. The predicted molar refractivity (Wildman–Crippen MR) is 68.3 cm³/mol. The van der Waals surface area contributed by atoms with Gasteiger partial charge in [-0.2, -0.15) is 0 Å². The Morgan fingerprint density at radius 3 is 3.00 bits per heavy atom. The third-order valence-electron chi connectivity index (χ3n) is 3.11. The van der Waals surface area contributed by atoms with E-state index >= 15 is 0 Å². The summed E-state index contributed by atoms with van der Waals surface area (Å²) >= 11 is 0. The van der Waals surface area contributed by atoms with Gasteiger partial charge in [0.25, 0.3) is 0 Å². The molecule has 0 fully saturated rings. The highest BCUT2D eigenvalue weighted by atomic mass is 16.5. The van der Waals surface area contributed by atoms with Crippen LogP contribution in [0.25, 0.3) is 0 Å². The molecule has 0 saturated heterocycles. The van der Waals surface area contributed by atoms with Gasteiger partial charge in [-0.3, -0.25) is 0 Å². The minimum Gasteiger partial charge on any atom is -0.504 e. The molecular weight excluding hydrogens is 214 g/mol. The minimum absolute atomic E-state index is 0.192. The van der Waals surface area contributed by atoms with Gasteiger partial charge in [-0.1, -0.05) is 18.2 Å². The topological polar surface area (TPSA) is 41.5 Å². The Hall–Kier alpha value is -1.48. The van der Waals surface area contributed by atoms with Crippen LogP contribution in [0.5, 0.6) is 11.5 Å². The van der Waals surface area contributed by atoms with E-state index in [0.29, 0.717) is 11.8 Å². The molecule has 0 radical (unpaired) electrons. The lowest BCUT2D eigenvalue weighted by atomic mass is 10.0. The van der Waals surface area contributed by atoms with Gasteiger partial charge in [0, 0.05) is 12.6 Å². The van der Waals surface area contributed by atoms with Crippen LogP contribution in [-0.4, -0.2) is 18.3 Å². The van der Waals surface area contributed by atoms with Gasteiger partial charge in [-0.25, -0.2) is 0 Å². The van der Waals surface area contributed by atoms with Crippen LogP contribution in [-0.2, 0) is 6.54 Å². The summed E-state index contributed by atoms with van der Waals surface area (Å²) in [5.41, 5.74) is 1.13. The maximum absolute atomic E-state index is 9.50. The molecule has 0 amide bonds. The smallest absolute Gasteiger partial charge is 0.160 e. The van der Waals surface area contributed by atoms with Crippen LogP contribution in [0, 0.1) is 0 Å². The zero-order valence-corrected chi connectivity index (χ0v) is 10.1. The number of methoxy groups -OCH3 is 1. The van der Waals surface area contributed by atoms with Crippen molar-refractivity contribution in [2.45, 2.75) is 31.8 Å². The van der Waals surface area contributed by atoms with Crippen LogP contribution in [0.1, 0.15) is 24.8 Å². The fraction of sp³-hybridized carbons (Fsp3) is 0.429. The highest BCUT2D eigenvalue weighted by molar-refractivity contribution is 5.41. The number of hydrogen-bond acceptors (Lipinski definition) is 3. The molecule has 92 valence electrons. The van der Waals surface area contributed by atoms with Crippen LogP contribution < -0.4 is 10.1 Å². The van der Waals surface area contributed by atoms with E-state index < -0.39 is 0 Å². The molecule has 1 aromatic rings. The van der Waals surface area contributed by atoms with Crippen molar-refractivity contribution in [2.24, 2.45) is 0 Å². The fourth-order valence-corrected chi connectivity index (χ4v) is 2.07. The van der Waals surface area contributed by atoms with Crippen molar-refractivity contribution in [3.63, 3.8) is 0 Å². The first-order valence-corrected chi connectivity index (χ1v) is 6.04. The van der Waals surface area contributed by atoms with Gasteiger partial charge in [-0.15, -0.1) is 0 Å². The molecule has 1 aliphatic rings. The summed E-state index contributed by atoms with van der Waals surface area (Å²) in [5, 5.41) is 13.0. The summed E-state index contributed by atoms with van der Waals surface area (Å²) < 4.78 is 5.09. The monoisotopic (exact) mass is 233 g/mol. The zero-order valence-electron chi connectivity index (χ0n) is 10.1. The van der Waals surface area contributed by atoms with E-state index in [0.717, 1.165) is 24.9 Å². The summed E-state index contributed by atoms with van der Waals surface area (Å²) in [6, 6.07) is 6.04. The van der Waals surface area contributed by atoms with Gasteiger partial charge in [-0.05, 0) is 37.0 Å². The van der Waals surface area contributed by atoms with Crippen molar-refractivity contribution in [1.29, 1.82) is 0 Å². The van der Waals surface area contributed by atoms with Gasteiger partial charge in [0.15, 0.2) is 11.5 Å². The fourth-order valence-electron chi connectivity index (χ4n) is 2.07. The van der Waals surface area contributed by atoms with Crippen molar-refractivity contribution >= 4 is 0 Å². The Labute approximate surface area is 102 Å². The number of ether oxygens (including phenoxy) is 1. The molecule has 0 bridgehead atoms. The number of nitrogens with one attached hydrogen (secondary N) is 1. The molecule has 0 heterocycles. The van der Waals surface area contributed by atoms with Crippen molar-refractivity contribution < 1.29 is 9.84 Å². The minimum atomic E-state index is 0.192. The van der Waals surface area contributed by atoms with E-state index in [1.54, 1.807) is 13.2 Å². The summed E-state index contributed by atoms with van der Waals surface area (Å²) in [4.78, 5) is 0. The Bertz CT molecular complexity index is 401. The molecule has 0 saturated carbocycles. The lowest BCUT2D eigenvalue weighted by Crippen LogP contribution is -2.29. The van der Waals surface area contributed by atoms with E-state index in [4.69, 9.17) is 4.74 Å². The largest absolute Gasteiger partial charge is 0.504 e. The number of rotatable bonds is 4. The van der Waals surface area contributed by atoms with Crippen molar-refractivity contribution in [3.8, 4) is 11.5 Å². The lowest BCUT2D eigenvalue weighted by Gasteiger charge is -2.19. The van der Waals surface area contributed by atoms with E-state index in [2.05, 4.69) is 17.5 Å². The molecule has 3 heteroatoms. The Balaban J connectivity index is 1.92. The molecule has 1 aromatic carbocycles. The van der Waals surface area contributed by atoms with E-state index in [1.807, 2.05) is 12.1 Å². The van der Waals surface area contributed by atoms with E-state index in [9.17, 15) is 5.11 Å². The van der Waals surface area contributed by atoms with Gasteiger partial charge in [0.05, 0.1) is 7.11 Å². The van der Waals surface area contributed by atoms with E-state index in [1.165, 1.54) is 6.42 Å². The average molecular weight is 233 g/mol. The molecule has 0 aromatic heterocycles. The van der Waals surface area contributed by atoms with Crippen molar-refractivity contribution in [2.75, 3.05) is 7.11 Å². The van der Waals surface area contributed by atoms with Crippen LogP contribution >= 0.6 is 0 Å². The second-order valence-electron chi connectivity index (χ2n) is 4.37. The Kier molecular flexibility index (Phi) is 4.04. The number of aromatic hydroxyl groups is 1. The molecule has 2 N–H and O–H groups in total. The molecule has 1 aliphatic carbocycles. The second kappa shape index (κ2) is 5.73. The third kappa shape index (κ3) is 3.24. The van der Waals surface area contributed by atoms with Crippen LogP contribution in [0.4, 0.5) is 0 Å². The van der Waals surface area contributed by atoms with Gasteiger partial charge < -0.3 is 15.2 Å². The van der Waals surface area contributed by atoms with Gasteiger partial charge in [0.1, 0.15) is 0 Å². The molecule has 1 unspecified atom stereocenters.